The molecule has 0 unspecified atom stereocenters. The van der Waals surface area contributed by atoms with Crippen LogP contribution in [0.5, 0.6) is 0 Å². The quantitative estimate of drug-likeness (QED) is 0.512. The van der Waals surface area contributed by atoms with Gasteiger partial charge in [-0.25, -0.2) is 4.98 Å². The molecule has 0 saturated carbocycles. The molecule has 0 aliphatic carbocycles. The number of benzene rings is 1. The van der Waals surface area contributed by atoms with Gasteiger partial charge >= 0.3 is 0 Å². The standard InChI is InChI=1S/C18H18N6O2/c1-3-20-18-22-15(13-7-9-19-10-8-13)11-17(23-18)21-14-5-4-6-16(12(14)2)24(25)26/h4-11H,3H2,1-2H3,(H2,20,21,22,23). The number of hydrogen-bond donors (Lipinski definition) is 2. The number of aromatic nitrogens is 3. The van der Waals surface area contributed by atoms with E-state index in [-0.39, 0.29) is 5.69 Å². The summed E-state index contributed by atoms with van der Waals surface area (Å²) in [7, 11) is 0. The van der Waals surface area contributed by atoms with Crippen LogP contribution in [0, 0.1) is 17.0 Å². The van der Waals surface area contributed by atoms with Crippen LogP contribution in [-0.2, 0) is 0 Å². The van der Waals surface area contributed by atoms with Gasteiger partial charge in [0.2, 0.25) is 5.95 Å². The maximum Gasteiger partial charge on any atom is 0.274 e. The highest BCUT2D eigenvalue weighted by atomic mass is 16.6. The lowest BCUT2D eigenvalue weighted by Crippen LogP contribution is -2.06. The monoisotopic (exact) mass is 350 g/mol. The largest absolute Gasteiger partial charge is 0.354 e. The topological polar surface area (TPSA) is 106 Å². The zero-order valence-corrected chi connectivity index (χ0v) is 14.4. The summed E-state index contributed by atoms with van der Waals surface area (Å²) in [4.78, 5) is 23.7. The molecule has 0 amide bonds. The van der Waals surface area contributed by atoms with Crippen LogP contribution >= 0.6 is 0 Å². The van der Waals surface area contributed by atoms with Crippen molar-refractivity contribution in [2.24, 2.45) is 0 Å². The van der Waals surface area contributed by atoms with Gasteiger partial charge in [-0.05, 0) is 32.0 Å². The number of nitro groups is 1. The summed E-state index contributed by atoms with van der Waals surface area (Å²) < 4.78 is 0. The molecule has 0 atom stereocenters. The van der Waals surface area contributed by atoms with Gasteiger partial charge in [-0.15, -0.1) is 0 Å². The minimum absolute atomic E-state index is 0.0605. The molecule has 8 heteroatoms. The summed E-state index contributed by atoms with van der Waals surface area (Å²) in [5.74, 6) is 1.03. The Morgan fingerprint density at radius 2 is 1.92 bits per heavy atom. The summed E-state index contributed by atoms with van der Waals surface area (Å²) in [6.45, 7) is 4.34. The van der Waals surface area contributed by atoms with Crippen molar-refractivity contribution in [1.82, 2.24) is 15.0 Å². The van der Waals surface area contributed by atoms with Crippen LogP contribution in [0.25, 0.3) is 11.3 Å². The predicted octanol–water partition coefficient (Wildman–Crippen LogP) is 3.93. The van der Waals surface area contributed by atoms with Crippen molar-refractivity contribution >= 4 is 23.1 Å². The van der Waals surface area contributed by atoms with Crippen molar-refractivity contribution in [3.63, 3.8) is 0 Å². The Hall–Kier alpha value is -3.55. The number of nitro benzene ring substituents is 1. The Bertz CT molecular complexity index is 930. The van der Waals surface area contributed by atoms with Crippen molar-refractivity contribution in [3.8, 4) is 11.3 Å². The van der Waals surface area contributed by atoms with E-state index in [1.807, 2.05) is 19.1 Å². The molecule has 3 aromatic rings. The first kappa shape index (κ1) is 17.3. The Morgan fingerprint density at radius 3 is 2.62 bits per heavy atom. The third kappa shape index (κ3) is 3.75. The SMILES string of the molecule is CCNc1nc(Nc2cccc([N+](=O)[O-])c2C)cc(-c2ccncc2)n1. The molecule has 2 heterocycles. The van der Waals surface area contributed by atoms with Crippen LogP contribution < -0.4 is 10.6 Å². The first-order chi connectivity index (χ1) is 12.6. The van der Waals surface area contributed by atoms with E-state index in [0.29, 0.717) is 29.6 Å². The second-order valence-corrected chi connectivity index (χ2v) is 5.56. The number of rotatable bonds is 6. The molecule has 2 N–H and O–H groups in total. The smallest absolute Gasteiger partial charge is 0.274 e. The zero-order chi connectivity index (χ0) is 18.5. The number of nitrogens with one attached hydrogen (secondary N) is 2. The average molecular weight is 350 g/mol. The van der Waals surface area contributed by atoms with Crippen molar-refractivity contribution in [2.75, 3.05) is 17.2 Å². The summed E-state index contributed by atoms with van der Waals surface area (Å²) >= 11 is 0. The minimum atomic E-state index is -0.396. The van der Waals surface area contributed by atoms with Gasteiger partial charge in [0.15, 0.2) is 0 Å². The number of pyridine rings is 1. The Balaban J connectivity index is 2.01. The van der Waals surface area contributed by atoms with Gasteiger partial charge in [-0.2, -0.15) is 4.98 Å². The van der Waals surface area contributed by atoms with Gasteiger partial charge in [0.25, 0.3) is 5.69 Å². The number of anilines is 3. The molecule has 0 spiro atoms. The zero-order valence-electron chi connectivity index (χ0n) is 14.4. The van der Waals surface area contributed by atoms with Crippen LogP contribution in [0.4, 0.5) is 23.1 Å². The van der Waals surface area contributed by atoms with E-state index in [9.17, 15) is 10.1 Å². The highest BCUT2D eigenvalue weighted by Crippen LogP contribution is 2.29. The maximum atomic E-state index is 11.1. The second kappa shape index (κ2) is 7.56. The molecular formula is C18H18N6O2. The molecule has 0 fully saturated rings. The molecule has 26 heavy (non-hydrogen) atoms. The van der Waals surface area contributed by atoms with Crippen LogP contribution in [0.1, 0.15) is 12.5 Å². The molecule has 0 bridgehead atoms. The van der Waals surface area contributed by atoms with Gasteiger partial charge < -0.3 is 10.6 Å². The van der Waals surface area contributed by atoms with Gasteiger partial charge in [0.05, 0.1) is 16.2 Å². The summed E-state index contributed by atoms with van der Waals surface area (Å²) in [6.07, 6.45) is 3.39. The van der Waals surface area contributed by atoms with Gasteiger partial charge in [0, 0.05) is 42.3 Å². The van der Waals surface area contributed by atoms with E-state index in [1.165, 1.54) is 6.07 Å². The fourth-order valence-corrected chi connectivity index (χ4v) is 2.51. The highest BCUT2D eigenvalue weighted by molar-refractivity contribution is 5.70. The van der Waals surface area contributed by atoms with Crippen LogP contribution in [0.15, 0.2) is 48.8 Å². The molecule has 132 valence electrons. The Kier molecular flexibility index (Phi) is 5.02. The van der Waals surface area contributed by atoms with Crippen molar-refractivity contribution < 1.29 is 4.92 Å². The molecule has 0 saturated heterocycles. The lowest BCUT2D eigenvalue weighted by atomic mass is 10.1. The van der Waals surface area contributed by atoms with Gasteiger partial charge in [-0.1, -0.05) is 6.07 Å². The van der Waals surface area contributed by atoms with E-state index in [4.69, 9.17) is 0 Å². The Labute approximate surface area is 150 Å². The molecule has 8 nitrogen and oxygen atoms in total. The fraction of sp³-hybridized carbons (Fsp3) is 0.167. The molecule has 2 aromatic heterocycles. The number of nitrogens with zero attached hydrogens (tertiary/aromatic N) is 4. The van der Waals surface area contributed by atoms with Crippen molar-refractivity contribution in [3.05, 3.63) is 64.5 Å². The van der Waals surface area contributed by atoms with E-state index in [1.54, 1.807) is 37.5 Å². The normalized spacial score (nSPS) is 10.4. The van der Waals surface area contributed by atoms with Crippen LogP contribution in [0.2, 0.25) is 0 Å². The van der Waals surface area contributed by atoms with E-state index in [2.05, 4.69) is 25.6 Å². The number of hydrogen-bond acceptors (Lipinski definition) is 7. The molecule has 3 rings (SSSR count). The van der Waals surface area contributed by atoms with E-state index >= 15 is 0 Å². The molecule has 1 aromatic carbocycles. The summed E-state index contributed by atoms with van der Waals surface area (Å²) in [6, 6.07) is 10.4. The van der Waals surface area contributed by atoms with Gasteiger partial charge in [0.1, 0.15) is 5.82 Å². The van der Waals surface area contributed by atoms with Crippen LogP contribution in [-0.4, -0.2) is 26.4 Å². The highest BCUT2D eigenvalue weighted by Gasteiger charge is 2.14. The molecule has 0 aliphatic rings. The third-order valence-corrected chi connectivity index (χ3v) is 3.80. The molecule has 0 radical (unpaired) electrons. The first-order valence-electron chi connectivity index (χ1n) is 8.13. The predicted molar refractivity (Wildman–Crippen MR) is 101 cm³/mol. The average Bonchev–Trinajstić information content (AvgIpc) is 2.64. The van der Waals surface area contributed by atoms with Crippen LogP contribution in [0.3, 0.4) is 0 Å². The van der Waals surface area contributed by atoms with Gasteiger partial charge in [-0.3, -0.25) is 15.1 Å². The summed E-state index contributed by atoms with van der Waals surface area (Å²) in [5, 5.41) is 17.4. The molecular weight excluding hydrogens is 332 g/mol. The first-order valence-corrected chi connectivity index (χ1v) is 8.13. The Morgan fingerprint density at radius 1 is 1.15 bits per heavy atom. The van der Waals surface area contributed by atoms with E-state index in [0.717, 1.165) is 11.3 Å². The fourth-order valence-electron chi connectivity index (χ4n) is 2.51. The maximum absolute atomic E-state index is 11.1. The lowest BCUT2D eigenvalue weighted by Gasteiger charge is -2.12. The molecule has 0 aliphatic heterocycles. The van der Waals surface area contributed by atoms with Crippen molar-refractivity contribution in [2.45, 2.75) is 13.8 Å². The third-order valence-electron chi connectivity index (χ3n) is 3.80. The van der Waals surface area contributed by atoms with Crippen molar-refractivity contribution in [1.29, 1.82) is 0 Å². The second-order valence-electron chi connectivity index (χ2n) is 5.56. The van der Waals surface area contributed by atoms with E-state index < -0.39 is 4.92 Å². The summed E-state index contributed by atoms with van der Waals surface area (Å²) in [5.41, 5.74) is 2.86. The minimum Gasteiger partial charge on any atom is -0.354 e. The lowest BCUT2D eigenvalue weighted by molar-refractivity contribution is -0.385.